The van der Waals surface area contributed by atoms with Crippen LogP contribution >= 0.6 is 0 Å². The molecule has 248 valence electrons. The van der Waals surface area contributed by atoms with Crippen LogP contribution in [0.2, 0.25) is 0 Å². The van der Waals surface area contributed by atoms with E-state index in [9.17, 15) is 45.4 Å². The van der Waals surface area contributed by atoms with E-state index in [0.717, 1.165) is 23.2 Å². The Labute approximate surface area is 261 Å². The van der Waals surface area contributed by atoms with E-state index in [2.05, 4.69) is 14.8 Å². The third-order valence-electron chi connectivity index (χ3n) is 8.15. The molecule has 1 aliphatic heterocycles. The number of fused-ring (bicyclic) bond motifs is 2. The molecule has 1 aromatic heterocycles. The quantitative estimate of drug-likeness (QED) is 0.223. The van der Waals surface area contributed by atoms with Crippen LogP contribution < -0.4 is 10.9 Å². The highest BCUT2D eigenvalue weighted by molar-refractivity contribution is 6.03. The number of anilines is 1. The Balaban J connectivity index is 0.000000301. The molecule has 8 nitrogen and oxygen atoms in total. The van der Waals surface area contributed by atoms with Crippen molar-refractivity contribution >= 4 is 28.1 Å². The molecule has 2 aliphatic rings. The Hall–Kier alpha value is -4.79. The van der Waals surface area contributed by atoms with Gasteiger partial charge in [0.25, 0.3) is 5.91 Å². The molecule has 1 amide bonds. The van der Waals surface area contributed by atoms with E-state index < -0.39 is 52.6 Å². The molecule has 47 heavy (non-hydrogen) atoms. The van der Waals surface area contributed by atoms with Crippen molar-refractivity contribution in [3.8, 4) is 0 Å². The monoisotopic (exact) mass is 665 g/mol. The summed E-state index contributed by atoms with van der Waals surface area (Å²) in [6.07, 6.45) is -12.2. The van der Waals surface area contributed by atoms with Crippen LogP contribution in [0.4, 0.5) is 36.4 Å². The van der Waals surface area contributed by atoms with Crippen LogP contribution in [-0.4, -0.2) is 33.7 Å². The highest BCUT2D eigenvalue weighted by Crippen LogP contribution is 2.57. The van der Waals surface area contributed by atoms with Gasteiger partial charge in [-0.05, 0) is 56.5 Å². The van der Waals surface area contributed by atoms with Crippen LogP contribution in [-0.2, 0) is 27.8 Å². The summed E-state index contributed by atoms with van der Waals surface area (Å²) < 4.78 is 101. The molecule has 0 bridgehead atoms. The topological polar surface area (TPSA) is 114 Å². The molecule has 2 N–H and O–H groups in total. The molecule has 2 heterocycles. The largest absolute Gasteiger partial charge is 0.426 e. The number of carbonyl (C=O) groups is 1. The van der Waals surface area contributed by atoms with Gasteiger partial charge in [-0.1, -0.05) is 46.7 Å². The summed E-state index contributed by atoms with van der Waals surface area (Å²) in [6, 6.07) is 13.8. The molecule has 3 aromatic carbocycles. The number of aryl methyl sites for hydroxylation is 1. The van der Waals surface area contributed by atoms with Crippen molar-refractivity contribution in [2.45, 2.75) is 63.1 Å². The van der Waals surface area contributed by atoms with E-state index in [1.165, 1.54) is 18.2 Å². The predicted octanol–water partition coefficient (Wildman–Crippen LogP) is 6.95. The highest BCUT2D eigenvalue weighted by atomic mass is 19.4. The normalized spacial score (nSPS) is 16.5. The number of rotatable bonds is 5. The molecule has 6 rings (SSSR count). The van der Waals surface area contributed by atoms with E-state index in [-0.39, 0.29) is 30.8 Å². The zero-order valence-corrected chi connectivity index (χ0v) is 24.7. The fraction of sp³-hybridized carbons (Fsp3) is 0.312. The molecule has 1 atom stereocenters. The molecule has 0 radical (unpaired) electrons. The molecule has 0 saturated heterocycles. The van der Waals surface area contributed by atoms with Crippen molar-refractivity contribution in [1.82, 2.24) is 5.16 Å². The van der Waals surface area contributed by atoms with E-state index in [4.69, 9.17) is 4.84 Å². The second-order valence-corrected chi connectivity index (χ2v) is 11.4. The molecule has 0 spiro atoms. The van der Waals surface area contributed by atoms with Gasteiger partial charge in [-0.2, -0.15) is 26.3 Å². The number of hydrogen-bond donors (Lipinski definition) is 2. The number of aromatic nitrogens is 1. The number of alkyl halides is 6. The lowest BCUT2D eigenvalue weighted by Crippen LogP contribution is -2.56. The second-order valence-electron chi connectivity index (χ2n) is 11.4. The number of hydrogen-bond acceptors (Lipinski definition) is 7. The van der Waals surface area contributed by atoms with E-state index in [0.29, 0.717) is 28.3 Å². The van der Waals surface area contributed by atoms with Crippen LogP contribution in [0.15, 0.2) is 75.1 Å². The number of halogens is 7. The van der Waals surface area contributed by atoms with Crippen molar-refractivity contribution in [2.24, 2.45) is 5.16 Å². The van der Waals surface area contributed by atoms with Gasteiger partial charge in [-0.25, -0.2) is 9.18 Å². The Morgan fingerprint density at radius 1 is 0.979 bits per heavy atom. The summed E-state index contributed by atoms with van der Waals surface area (Å²) in [6.45, 7) is 3.53. The van der Waals surface area contributed by atoms with E-state index in [1.807, 2.05) is 24.4 Å². The molecule has 4 aromatic rings. The first-order chi connectivity index (χ1) is 22.0. The Kier molecular flexibility index (Phi) is 8.64. The molecule has 1 unspecified atom stereocenters. The van der Waals surface area contributed by atoms with Crippen molar-refractivity contribution < 1.29 is 50.0 Å². The van der Waals surface area contributed by atoms with Crippen LogP contribution in [0.1, 0.15) is 54.1 Å². The number of benzene rings is 3. The lowest BCUT2D eigenvalue weighted by Gasteiger charge is -2.33. The van der Waals surface area contributed by atoms with Gasteiger partial charge in [0.15, 0.2) is 0 Å². The van der Waals surface area contributed by atoms with E-state index >= 15 is 0 Å². The molecule has 1 fully saturated rings. The lowest BCUT2D eigenvalue weighted by molar-refractivity contribution is -0.253. The zero-order valence-electron chi connectivity index (χ0n) is 24.7. The number of nitrogens with one attached hydrogen (secondary N) is 1. The van der Waals surface area contributed by atoms with Gasteiger partial charge < -0.3 is 19.8 Å². The van der Waals surface area contributed by atoms with Gasteiger partial charge in [-0.3, -0.25) is 4.79 Å². The fourth-order valence-electron chi connectivity index (χ4n) is 5.44. The minimum atomic E-state index is -5.50. The van der Waals surface area contributed by atoms with Crippen LogP contribution in [0.3, 0.4) is 0 Å². The third kappa shape index (κ3) is 6.57. The Bertz CT molecular complexity index is 1930. The maximum Gasteiger partial charge on any atom is 0.426 e. The minimum Gasteiger partial charge on any atom is -0.391 e. The lowest BCUT2D eigenvalue weighted by atomic mass is 9.81. The van der Waals surface area contributed by atoms with Crippen molar-refractivity contribution in [1.29, 1.82) is 0 Å². The molecule has 1 saturated carbocycles. The van der Waals surface area contributed by atoms with Crippen LogP contribution in [0, 0.1) is 12.7 Å². The third-order valence-corrected chi connectivity index (χ3v) is 8.15. The molecule has 15 heteroatoms. The number of oxime groups is 1. The average molecular weight is 666 g/mol. The first-order valence-corrected chi connectivity index (χ1v) is 14.1. The summed E-state index contributed by atoms with van der Waals surface area (Å²) in [5.74, 6) is -3.54. The number of aliphatic hydroxyl groups is 1. The SMILES string of the molecule is CC1=NOCc2ccc(NC(=O)C(O)(CC3(c4cccc(C(F)(F)F)c4F)CC3)C(F)(F)F)cc21.Cc1noc(=O)c2ccccc12. The Morgan fingerprint density at radius 2 is 1.66 bits per heavy atom. The predicted molar refractivity (Wildman–Crippen MR) is 155 cm³/mol. The van der Waals surface area contributed by atoms with Crippen molar-refractivity contribution in [2.75, 3.05) is 5.32 Å². The molecule has 1 aliphatic carbocycles. The van der Waals surface area contributed by atoms with Crippen LogP contribution in [0.25, 0.3) is 10.8 Å². The van der Waals surface area contributed by atoms with E-state index in [1.54, 1.807) is 19.1 Å². The van der Waals surface area contributed by atoms with Gasteiger partial charge in [-0.15, -0.1) is 0 Å². The highest BCUT2D eigenvalue weighted by Gasteiger charge is 2.65. The second kappa shape index (κ2) is 12.1. The summed E-state index contributed by atoms with van der Waals surface area (Å²) in [4.78, 5) is 28.9. The summed E-state index contributed by atoms with van der Waals surface area (Å²) in [7, 11) is 0. The number of carbonyl (C=O) groups excluding carboxylic acids is 1. The summed E-state index contributed by atoms with van der Waals surface area (Å²) >= 11 is 0. The number of nitrogens with zero attached hydrogens (tertiary/aromatic N) is 2. The van der Waals surface area contributed by atoms with Gasteiger partial charge in [0.05, 0.1) is 22.4 Å². The standard InChI is InChI=1S/C23H19F7N2O3.C9H7NO2/c1-12-15-9-14(6-5-13(15)10-35-32-12)31-19(33)21(34,23(28,29)30)11-20(7-8-20)16-3-2-4-17(18(16)24)22(25,26)27;1-6-7-4-2-3-5-8(7)9(11)12-10-6/h2-6,9,34H,7-8,10-11H2,1H3,(H,31,33);2-5H,1H3. The van der Waals surface area contributed by atoms with Gasteiger partial charge in [0, 0.05) is 34.0 Å². The zero-order chi connectivity index (χ0) is 34.4. The first-order valence-electron chi connectivity index (χ1n) is 14.1. The fourth-order valence-corrected chi connectivity index (χ4v) is 5.44. The minimum absolute atomic E-state index is 0.0667. The average Bonchev–Trinajstić information content (AvgIpc) is 3.79. The maximum atomic E-state index is 14.7. The first kappa shape index (κ1) is 33.6. The number of amides is 1. The molecular weight excluding hydrogens is 639 g/mol. The van der Waals surface area contributed by atoms with Crippen molar-refractivity contribution in [3.63, 3.8) is 0 Å². The smallest absolute Gasteiger partial charge is 0.391 e. The molecular formula is C32H26F7N3O5. The summed E-state index contributed by atoms with van der Waals surface area (Å²) in [5.41, 5.74) is -6.11. The Morgan fingerprint density at radius 3 is 2.28 bits per heavy atom. The van der Waals surface area contributed by atoms with Gasteiger partial charge in [0.1, 0.15) is 12.4 Å². The van der Waals surface area contributed by atoms with Crippen molar-refractivity contribution in [3.05, 3.63) is 105 Å². The van der Waals surface area contributed by atoms with Crippen LogP contribution in [0.5, 0.6) is 0 Å². The summed E-state index contributed by atoms with van der Waals surface area (Å²) in [5, 5.41) is 21.5. The van der Waals surface area contributed by atoms with Gasteiger partial charge >= 0.3 is 18.0 Å². The maximum absolute atomic E-state index is 14.7. The van der Waals surface area contributed by atoms with Gasteiger partial charge in [0.2, 0.25) is 5.60 Å².